The van der Waals surface area contributed by atoms with E-state index in [1.54, 1.807) is 11.7 Å². The molecule has 1 atom stereocenters. The number of hydrogen-bond donors (Lipinski definition) is 1. The fraction of sp³-hybridized carbons (Fsp3) is 0.320. The van der Waals surface area contributed by atoms with Crippen molar-refractivity contribution in [1.29, 1.82) is 0 Å². The van der Waals surface area contributed by atoms with E-state index in [0.717, 1.165) is 16.8 Å². The third-order valence-corrected chi connectivity index (χ3v) is 6.25. The van der Waals surface area contributed by atoms with Crippen molar-refractivity contribution in [3.8, 4) is 16.9 Å². The molecule has 0 aliphatic carbocycles. The molecule has 3 aromatic rings. The van der Waals surface area contributed by atoms with E-state index in [4.69, 9.17) is 4.74 Å². The maximum absolute atomic E-state index is 13.1. The maximum atomic E-state index is 13.1. The molecule has 1 fully saturated rings. The summed E-state index contributed by atoms with van der Waals surface area (Å²) < 4.78 is 7.79. The number of anilines is 1. The van der Waals surface area contributed by atoms with Crippen LogP contribution in [0.2, 0.25) is 0 Å². The maximum Gasteiger partial charge on any atom is 0.272 e. The van der Waals surface area contributed by atoms with Crippen molar-refractivity contribution in [3.63, 3.8) is 0 Å². The van der Waals surface area contributed by atoms with E-state index < -0.39 is 0 Å². The van der Waals surface area contributed by atoms with Crippen LogP contribution in [-0.4, -0.2) is 70.2 Å². The number of ether oxygens (including phenoxy) is 1. The molecule has 2 aromatic carbocycles. The van der Waals surface area contributed by atoms with Crippen LogP contribution in [0.5, 0.6) is 5.75 Å². The number of fused-ring (bicyclic) bond motifs is 2. The molecule has 2 amide bonds. The SMILES string of the molecule is Cc1cc(C(=O)N2CCN3CC(=O)Nc4cc(-c5ccccc5)ccc4OC[C@@H]3C2)n(C)n1. The summed E-state index contributed by atoms with van der Waals surface area (Å²) in [4.78, 5) is 29.9. The van der Waals surface area contributed by atoms with Crippen LogP contribution in [0.25, 0.3) is 11.1 Å². The lowest BCUT2D eigenvalue weighted by molar-refractivity contribution is -0.118. The molecular formula is C25H27N5O3. The Bertz CT molecular complexity index is 1190. The van der Waals surface area contributed by atoms with Gasteiger partial charge in [-0.3, -0.25) is 19.2 Å². The number of amides is 2. The Morgan fingerprint density at radius 2 is 1.91 bits per heavy atom. The zero-order chi connectivity index (χ0) is 22.9. The summed E-state index contributed by atoms with van der Waals surface area (Å²) in [6.45, 7) is 4.18. The molecule has 1 aromatic heterocycles. The molecule has 8 nitrogen and oxygen atoms in total. The Balaban J connectivity index is 1.36. The molecule has 170 valence electrons. The van der Waals surface area contributed by atoms with Gasteiger partial charge in [0.15, 0.2) is 0 Å². The quantitative estimate of drug-likeness (QED) is 0.656. The van der Waals surface area contributed by atoms with Gasteiger partial charge in [-0.05, 0) is 36.2 Å². The van der Waals surface area contributed by atoms with E-state index in [1.165, 1.54) is 0 Å². The molecule has 2 aliphatic rings. The Kier molecular flexibility index (Phi) is 5.60. The number of rotatable bonds is 2. The highest BCUT2D eigenvalue weighted by molar-refractivity contribution is 5.95. The van der Waals surface area contributed by atoms with Gasteiger partial charge in [0.05, 0.1) is 24.0 Å². The number of aryl methyl sites for hydroxylation is 2. The molecule has 33 heavy (non-hydrogen) atoms. The first kappa shape index (κ1) is 21.2. The standard InChI is InChI=1S/C25H27N5O3/c1-17-12-22(28(2)27-17)25(32)30-11-10-29-15-24(31)26-21-13-19(18-6-4-3-5-7-18)8-9-23(21)33-16-20(29)14-30/h3-9,12-13,20H,10-11,14-16H2,1-2H3,(H,26,31)/t20-/m0/s1. The fourth-order valence-electron chi connectivity index (χ4n) is 4.54. The minimum Gasteiger partial charge on any atom is -0.490 e. The average molecular weight is 446 g/mol. The second-order valence-electron chi connectivity index (χ2n) is 8.61. The van der Waals surface area contributed by atoms with Gasteiger partial charge in [-0.1, -0.05) is 36.4 Å². The number of aromatic nitrogens is 2. The minimum atomic E-state index is -0.0843. The van der Waals surface area contributed by atoms with Gasteiger partial charge in [-0.2, -0.15) is 5.10 Å². The summed E-state index contributed by atoms with van der Waals surface area (Å²) in [5, 5.41) is 7.31. The second kappa shape index (κ2) is 8.71. The second-order valence-corrected chi connectivity index (χ2v) is 8.61. The van der Waals surface area contributed by atoms with Crippen molar-refractivity contribution in [2.75, 3.05) is 38.1 Å². The van der Waals surface area contributed by atoms with Gasteiger partial charge >= 0.3 is 0 Å². The van der Waals surface area contributed by atoms with E-state index in [0.29, 0.717) is 43.4 Å². The smallest absolute Gasteiger partial charge is 0.272 e. The molecular weight excluding hydrogens is 418 g/mol. The van der Waals surface area contributed by atoms with Crippen LogP contribution in [0, 0.1) is 6.92 Å². The third-order valence-electron chi connectivity index (χ3n) is 6.25. The molecule has 1 saturated heterocycles. The molecule has 0 radical (unpaired) electrons. The fourth-order valence-corrected chi connectivity index (χ4v) is 4.54. The lowest BCUT2D eigenvalue weighted by Crippen LogP contribution is -2.58. The molecule has 2 aliphatic heterocycles. The summed E-state index contributed by atoms with van der Waals surface area (Å²) in [5.41, 5.74) is 4.14. The zero-order valence-electron chi connectivity index (χ0n) is 18.8. The monoisotopic (exact) mass is 445 g/mol. The number of carbonyl (C=O) groups is 2. The highest BCUT2D eigenvalue weighted by Gasteiger charge is 2.33. The van der Waals surface area contributed by atoms with Gasteiger partial charge < -0.3 is 15.0 Å². The normalized spacial score (nSPS) is 18.8. The van der Waals surface area contributed by atoms with Gasteiger partial charge in [0.1, 0.15) is 18.1 Å². The van der Waals surface area contributed by atoms with Crippen molar-refractivity contribution in [1.82, 2.24) is 19.6 Å². The first-order chi connectivity index (χ1) is 16.0. The summed E-state index contributed by atoms with van der Waals surface area (Å²) in [6, 6.07) is 17.6. The van der Waals surface area contributed by atoms with Gasteiger partial charge in [0.25, 0.3) is 5.91 Å². The van der Waals surface area contributed by atoms with Crippen LogP contribution in [0.15, 0.2) is 54.6 Å². The Labute approximate surface area is 192 Å². The van der Waals surface area contributed by atoms with Crippen LogP contribution in [0.3, 0.4) is 0 Å². The predicted octanol–water partition coefficient (Wildman–Crippen LogP) is 2.55. The van der Waals surface area contributed by atoms with Crippen LogP contribution in [0.1, 0.15) is 16.2 Å². The van der Waals surface area contributed by atoms with Crippen LogP contribution < -0.4 is 10.1 Å². The van der Waals surface area contributed by atoms with Crippen molar-refractivity contribution in [2.45, 2.75) is 13.0 Å². The third kappa shape index (κ3) is 4.34. The molecule has 0 unspecified atom stereocenters. The molecule has 5 rings (SSSR count). The molecule has 0 spiro atoms. The van der Waals surface area contributed by atoms with E-state index >= 15 is 0 Å². The first-order valence-electron chi connectivity index (χ1n) is 11.1. The molecule has 1 N–H and O–H groups in total. The number of benzene rings is 2. The van der Waals surface area contributed by atoms with Crippen LogP contribution in [0.4, 0.5) is 5.69 Å². The van der Waals surface area contributed by atoms with Gasteiger partial charge in [0, 0.05) is 26.7 Å². The van der Waals surface area contributed by atoms with Crippen molar-refractivity contribution in [2.24, 2.45) is 7.05 Å². The average Bonchev–Trinajstić information content (AvgIpc) is 3.18. The predicted molar refractivity (Wildman–Crippen MR) is 125 cm³/mol. The Morgan fingerprint density at radius 1 is 1.09 bits per heavy atom. The van der Waals surface area contributed by atoms with E-state index in [-0.39, 0.29) is 24.4 Å². The number of piperazine rings is 1. The minimum absolute atomic E-state index is 0.0463. The zero-order valence-corrected chi connectivity index (χ0v) is 18.8. The van der Waals surface area contributed by atoms with Crippen molar-refractivity contribution in [3.05, 3.63) is 66.0 Å². The highest BCUT2D eigenvalue weighted by atomic mass is 16.5. The number of nitrogens with zero attached hydrogens (tertiary/aromatic N) is 4. The molecule has 0 saturated carbocycles. The van der Waals surface area contributed by atoms with E-state index in [1.807, 2.05) is 66.4 Å². The van der Waals surface area contributed by atoms with Gasteiger partial charge in [-0.15, -0.1) is 0 Å². The van der Waals surface area contributed by atoms with E-state index in [9.17, 15) is 9.59 Å². The van der Waals surface area contributed by atoms with Crippen molar-refractivity contribution >= 4 is 17.5 Å². The van der Waals surface area contributed by atoms with Crippen LogP contribution >= 0.6 is 0 Å². The summed E-state index contributed by atoms with van der Waals surface area (Å²) in [7, 11) is 1.78. The summed E-state index contributed by atoms with van der Waals surface area (Å²) >= 11 is 0. The largest absolute Gasteiger partial charge is 0.490 e. The summed E-state index contributed by atoms with van der Waals surface area (Å²) in [5.74, 6) is 0.504. The molecule has 8 heteroatoms. The van der Waals surface area contributed by atoms with Crippen LogP contribution in [-0.2, 0) is 11.8 Å². The Morgan fingerprint density at radius 3 is 2.67 bits per heavy atom. The van der Waals surface area contributed by atoms with E-state index in [2.05, 4.69) is 15.3 Å². The van der Waals surface area contributed by atoms with Gasteiger partial charge in [0.2, 0.25) is 5.91 Å². The Hall–Kier alpha value is -3.65. The topological polar surface area (TPSA) is 79.7 Å². The van der Waals surface area contributed by atoms with Gasteiger partial charge in [-0.25, -0.2) is 0 Å². The molecule has 3 heterocycles. The highest BCUT2D eigenvalue weighted by Crippen LogP contribution is 2.32. The number of hydrogen-bond acceptors (Lipinski definition) is 5. The lowest BCUT2D eigenvalue weighted by atomic mass is 10.0. The first-order valence-corrected chi connectivity index (χ1v) is 11.1. The molecule has 0 bridgehead atoms. The summed E-state index contributed by atoms with van der Waals surface area (Å²) in [6.07, 6.45) is 0. The lowest BCUT2D eigenvalue weighted by Gasteiger charge is -2.40. The number of carbonyl (C=O) groups excluding carboxylic acids is 2. The van der Waals surface area contributed by atoms with Crippen molar-refractivity contribution < 1.29 is 14.3 Å². The number of nitrogens with one attached hydrogen (secondary N) is 1.